The van der Waals surface area contributed by atoms with E-state index in [-0.39, 0.29) is 11.9 Å². The van der Waals surface area contributed by atoms with Crippen LogP contribution in [0.3, 0.4) is 0 Å². The van der Waals surface area contributed by atoms with E-state index in [1.807, 2.05) is 47.5 Å². The molecule has 0 spiro atoms. The molecule has 1 aromatic heterocycles. The molecule has 1 heterocycles. The highest BCUT2D eigenvalue weighted by atomic mass is 35.5. The summed E-state index contributed by atoms with van der Waals surface area (Å²) in [5.74, 6) is -0.0264. The first kappa shape index (κ1) is 18.9. The number of halogens is 2. The van der Waals surface area contributed by atoms with Crippen LogP contribution in [0, 0.1) is 0 Å². The van der Waals surface area contributed by atoms with Crippen LogP contribution < -0.4 is 0 Å². The number of rotatable bonds is 7. The van der Waals surface area contributed by atoms with Gasteiger partial charge in [-0.3, -0.25) is 4.79 Å². The van der Waals surface area contributed by atoms with Crippen molar-refractivity contribution in [3.63, 3.8) is 0 Å². The third-order valence-corrected chi connectivity index (χ3v) is 4.67. The first-order valence-corrected chi connectivity index (χ1v) is 9.06. The minimum absolute atomic E-state index is 0.0264. The van der Waals surface area contributed by atoms with E-state index in [4.69, 9.17) is 23.2 Å². The molecule has 0 radical (unpaired) electrons. The summed E-state index contributed by atoms with van der Waals surface area (Å²) in [6.45, 7) is 7.14. The van der Waals surface area contributed by atoms with Crippen molar-refractivity contribution in [2.24, 2.45) is 0 Å². The molecule has 0 saturated carbocycles. The molecule has 0 bridgehead atoms. The van der Waals surface area contributed by atoms with Gasteiger partial charge in [0, 0.05) is 29.5 Å². The quantitative estimate of drug-likeness (QED) is 0.636. The summed E-state index contributed by atoms with van der Waals surface area (Å²) in [6, 6.07) is 12.0. The lowest BCUT2D eigenvalue weighted by atomic mass is 10.2. The first-order valence-electron chi connectivity index (χ1n) is 8.25. The molecule has 1 aromatic carbocycles. The standard InChI is InChI=1S/C19H24Cl2N2O/c1-4-14(2)23(19(24)15(3)20)13-18-9-6-10-22(18)12-16-7-5-8-17(21)11-16/h5-11,14-15H,4,12-13H2,1-3H3/t14-,15+/m0/s1. The van der Waals surface area contributed by atoms with E-state index in [9.17, 15) is 4.79 Å². The SMILES string of the molecule is CC[C@H](C)N(Cc1cccn1Cc1cccc(Cl)c1)C(=O)[C@@H](C)Cl. The summed E-state index contributed by atoms with van der Waals surface area (Å²) in [5.41, 5.74) is 2.22. The molecule has 1 amide bonds. The second-order valence-electron chi connectivity index (χ2n) is 6.10. The number of benzene rings is 1. The van der Waals surface area contributed by atoms with Crippen LogP contribution in [-0.4, -0.2) is 26.8 Å². The second kappa shape index (κ2) is 8.59. The molecule has 2 atom stereocenters. The van der Waals surface area contributed by atoms with Crippen molar-refractivity contribution in [3.8, 4) is 0 Å². The molecule has 0 aliphatic heterocycles. The van der Waals surface area contributed by atoms with Crippen molar-refractivity contribution in [2.75, 3.05) is 0 Å². The van der Waals surface area contributed by atoms with Gasteiger partial charge in [0.25, 0.3) is 0 Å². The minimum Gasteiger partial charge on any atom is -0.345 e. The largest absolute Gasteiger partial charge is 0.345 e. The average molecular weight is 367 g/mol. The van der Waals surface area contributed by atoms with Crippen molar-refractivity contribution in [3.05, 3.63) is 58.9 Å². The molecule has 0 aliphatic rings. The highest BCUT2D eigenvalue weighted by molar-refractivity contribution is 6.30. The zero-order valence-electron chi connectivity index (χ0n) is 14.4. The smallest absolute Gasteiger partial charge is 0.240 e. The lowest BCUT2D eigenvalue weighted by molar-refractivity contribution is -0.133. The van der Waals surface area contributed by atoms with Crippen molar-refractivity contribution >= 4 is 29.1 Å². The summed E-state index contributed by atoms with van der Waals surface area (Å²) in [5, 5.41) is 0.212. The van der Waals surface area contributed by atoms with Crippen molar-refractivity contribution in [2.45, 2.75) is 51.7 Å². The van der Waals surface area contributed by atoms with Crippen molar-refractivity contribution < 1.29 is 4.79 Å². The van der Waals surface area contributed by atoms with E-state index in [1.165, 1.54) is 0 Å². The number of carbonyl (C=O) groups excluding carboxylic acids is 1. The fourth-order valence-electron chi connectivity index (χ4n) is 2.65. The number of hydrogen-bond acceptors (Lipinski definition) is 1. The van der Waals surface area contributed by atoms with E-state index in [0.717, 1.165) is 29.2 Å². The molecule has 0 fully saturated rings. The van der Waals surface area contributed by atoms with E-state index >= 15 is 0 Å². The number of hydrogen-bond donors (Lipinski definition) is 0. The summed E-state index contributed by atoms with van der Waals surface area (Å²) in [6.07, 6.45) is 2.92. The first-order chi connectivity index (χ1) is 11.4. The molecule has 0 aliphatic carbocycles. The van der Waals surface area contributed by atoms with Gasteiger partial charge in [-0.15, -0.1) is 11.6 Å². The van der Waals surface area contributed by atoms with Gasteiger partial charge in [-0.25, -0.2) is 0 Å². The van der Waals surface area contributed by atoms with Gasteiger partial charge in [0.2, 0.25) is 5.91 Å². The summed E-state index contributed by atoms with van der Waals surface area (Å²) in [4.78, 5) is 14.3. The Kier molecular flexibility index (Phi) is 6.76. The lowest BCUT2D eigenvalue weighted by Gasteiger charge is -2.30. The molecule has 24 heavy (non-hydrogen) atoms. The van der Waals surface area contributed by atoms with E-state index in [0.29, 0.717) is 6.54 Å². The zero-order valence-corrected chi connectivity index (χ0v) is 15.9. The van der Waals surface area contributed by atoms with Gasteiger partial charge < -0.3 is 9.47 Å². The number of amides is 1. The molecule has 0 N–H and O–H groups in total. The Morgan fingerprint density at radius 2 is 2.00 bits per heavy atom. The minimum atomic E-state index is -0.518. The van der Waals surface area contributed by atoms with Crippen LogP contribution in [-0.2, 0) is 17.9 Å². The third kappa shape index (κ3) is 4.78. The Morgan fingerprint density at radius 1 is 1.25 bits per heavy atom. The van der Waals surface area contributed by atoms with Gasteiger partial charge in [0.05, 0.1) is 6.54 Å². The molecule has 2 rings (SSSR count). The molecule has 130 valence electrons. The molecule has 3 nitrogen and oxygen atoms in total. The second-order valence-corrected chi connectivity index (χ2v) is 7.19. The summed E-state index contributed by atoms with van der Waals surface area (Å²) < 4.78 is 2.15. The van der Waals surface area contributed by atoms with Crippen LogP contribution in [0.25, 0.3) is 0 Å². The lowest BCUT2D eigenvalue weighted by Crippen LogP contribution is -2.41. The van der Waals surface area contributed by atoms with E-state index < -0.39 is 5.38 Å². The zero-order chi connectivity index (χ0) is 17.7. The van der Waals surface area contributed by atoms with Crippen molar-refractivity contribution in [1.29, 1.82) is 0 Å². The van der Waals surface area contributed by atoms with Gasteiger partial charge in [0.15, 0.2) is 0 Å². The Balaban J connectivity index is 2.20. The predicted octanol–water partition coefficient (Wildman–Crippen LogP) is 4.94. The maximum absolute atomic E-state index is 12.5. The Morgan fingerprint density at radius 3 is 2.62 bits per heavy atom. The summed E-state index contributed by atoms with van der Waals surface area (Å²) >= 11 is 12.1. The fraction of sp³-hybridized carbons (Fsp3) is 0.421. The topological polar surface area (TPSA) is 25.2 Å². The maximum atomic E-state index is 12.5. The van der Waals surface area contributed by atoms with Gasteiger partial charge in [-0.1, -0.05) is 30.7 Å². The summed E-state index contributed by atoms with van der Waals surface area (Å²) in [7, 11) is 0. The third-order valence-electron chi connectivity index (χ3n) is 4.24. The van der Waals surface area contributed by atoms with Crippen LogP contribution in [0.2, 0.25) is 5.02 Å². The Labute approximate surface area is 154 Å². The Hall–Kier alpha value is -1.45. The molecule has 5 heteroatoms. The normalized spacial score (nSPS) is 13.5. The predicted molar refractivity (Wildman–Crippen MR) is 101 cm³/mol. The molecular weight excluding hydrogens is 343 g/mol. The van der Waals surface area contributed by atoms with Crippen molar-refractivity contribution in [1.82, 2.24) is 9.47 Å². The van der Waals surface area contributed by atoms with Crippen LogP contribution in [0.1, 0.15) is 38.4 Å². The molecule has 0 saturated heterocycles. The Bertz CT molecular complexity index is 682. The molecule has 2 aromatic rings. The highest BCUT2D eigenvalue weighted by Gasteiger charge is 2.23. The monoisotopic (exact) mass is 366 g/mol. The van der Waals surface area contributed by atoms with E-state index in [2.05, 4.69) is 18.4 Å². The molecular formula is C19H24Cl2N2O. The fourth-order valence-corrected chi connectivity index (χ4v) is 2.99. The number of nitrogens with zero attached hydrogens (tertiary/aromatic N) is 2. The maximum Gasteiger partial charge on any atom is 0.240 e. The number of carbonyl (C=O) groups is 1. The number of aromatic nitrogens is 1. The van der Waals surface area contributed by atoms with E-state index in [1.54, 1.807) is 6.92 Å². The van der Waals surface area contributed by atoms with Crippen LogP contribution in [0.5, 0.6) is 0 Å². The van der Waals surface area contributed by atoms with Crippen LogP contribution in [0.15, 0.2) is 42.6 Å². The van der Waals surface area contributed by atoms with Gasteiger partial charge in [-0.05, 0) is 50.1 Å². The van der Waals surface area contributed by atoms with Crippen LogP contribution in [0.4, 0.5) is 0 Å². The highest BCUT2D eigenvalue weighted by Crippen LogP contribution is 2.17. The van der Waals surface area contributed by atoms with Gasteiger partial charge in [0.1, 0.15) is 5.38 Å². The number of alkyl halides is 1. The molecule has 0 unspecified atom stereocenters. The van der Waals surface area contributed by atoms with Gasteiger partial charge >= 0.3 is 0 Å². The van der Waals surface area contributed by atoms with Gasteiger partial charge in [-0.2, -0.15) is 0 Å². The average Bonchev–Trinajstić information content (AvgIpc) is 2.98. The van der Waals surface area contributed by atoms with Crippen LogP contribution >= 0.6 is 23.2 Å².